The molecule has 0 bridgehead atoms. The van der Waals surface area contributed by atoms with Gasteiger partial charge >= 0.3 is 0 Å². The Morgan fingerprint density at radius 3 is 2.42 bits per heavy atom. The van der Waals surface area contributed by atoms with E-state index in [1.807, 2.05) is 6.07 Å². The van der Waals surface area contributed by atoms with Gasteiger partial charge in [-0.2, -0.15) is 10.5 Å². The molecular weight excluding hydrogens is 324 g/mol. The fraction of sp³-hybridized carbons (Fsp3) is 0.412. The van der Waals surface area contributed by atoms with Gasteiger partial charge in [0.1, 0.15) is 5.92 Å². The first-order valence-corrected chi connectivity index (χ1v) is 8.29. The van der Waals surface area contributed by atoms with Crippen LogP contribution in [0, 0.1) is 34.0 Å². The molecule has 1 atom stereocenters. The Morgan fingerprint density at radius 2 is 1.96 bits per heavy atom. The standard InChI is InChI=1S/C17H20N4O2S/c1-5-7-21(8-6-2)14(22)11-24-16-13(10-19)17(3,4)12(9-18)15(23)20-16/h5-6,12H,1-2,7-8,11H2,3-4H3,(H,20,23). The van der Waals surface area contributed by atoms with Gasteiger partial charge in [0.2, 0.25) is 11.8 Å². The van der Waals surface area contributed by atoms with E-state index in [-0.39, 0.29) is 11.7 Å². The van der Waals surface area contributed by atoms with E-state index >= 15 is 0 Å². The second-order valence-electron chi connectivity index (χ2n) is 5.75. The predicted octanol–water partition coefficient (Wildman–Crippen LogP) is 1.95. The molecule has 1 unspecified atom stereocenters. The van der Waals surface area contributed by atoms with Crippen LogP contribution < -0.4 is 5.32 Å². The number of nitriles is 2. The van der Waals surface area contributed by atoms with Crippen molar-refractivity contribution < 1.29 is 9.59 Å². The van der Waals surface area contributed by atoms with E-state index in [2.05, 4.69) is 24.5 Å². The Morgan fingerprint density at radius 1 is 1.38 bits per heavy atom. The molecule has 126 valence electrons. The molecule has 1 N–H and O–H groups in total. The van der Waals surface area contributed by atoms with Crippen LogP contribution in [-0.2, 0) is 9.59 Å². The van der Waals surface area contributed by atoms with Crippen LogP contribution in [0.4, 0.5) is 0 Å². The zero-order valence-electron chi connectivity index (χ0n) is 13.8. The lowest BCUT2D eigenvalue weighted by molar-refractivity contribution is -0.127. The molecule has 24 heavy (non-hydrogen) atoms. The number of allylic oxidation sites excluding steroid dienone is 1. The predicted molar refractivity (Wildman–Crippen MR) is 93.1 cm³/mol. The number of hydrogen-bond acceptors (Lipinski definition) is 5. The van der Waals surface area contributed by atoms with Gasteiger partial charge in [0.05, 0.1) is 28.5 Å². The molecule has 1 aliphatic rings. The Hall–Kier alpha value is -2.51. The summed E-state index contributed by atoms with van der Waals surface area (Å²) in [5.74, 6) is -1.48. The molecule has 0 aromatic rings. The van der Waals surface area contributed by atoms with E-state index < -0.39 is 17.2 Å². The van der Waals surface area contributed by atoms with Crippen LogP contribution in [0.5, 0.6) is 0 Å². The van der Waals surface area contributed by atoms with Crippen molar-refractivity contribution >= 4 is 23.6 Å². The minimum absolute atomic E-state index is 0.0653. The third-order valence-electron chi connectivity index (χ3n) is 3.72. The largest absolute Gasteiger partial charge is 0.335 e. The molecule has 1 aliphatic heterocycles. The fourth-order valence-corrected chi connectivity index (χ4v) is 3.43. The molecule has 2 amide bonds. The van der Waals surface area contributed by atoms with Crippen molar-refractivity contribution in [3.63, 3.8) is 0 Å². The fourth-order valence-electron chi connectivity index (χ4n) is 2.35. The van der Waals surface area contributed by atoms with Crippen molar-refractivity contribution in [2.75, 3.05) is 18.8 Å². The van der Waals surface area contributed by atoms with Crippen LogP contribution in [0.1, 0.15) is 13.8 Å². The quantitative estimate of drug-likeness (QED) is 0.712. The van der Waals surface area contributed by atoms with Gasteiger partial charge in [-0.15, -0.1) is 13.2 Å². The Kier molecular flexibility index (Phi) is 6.82. The van der Waals surface area contributed by atoms with Gasteiger partial charge in [-0.25, -0.2) is 0 Å². The zero-order valence-corrected chi connectivity index (χ0v) is 14.7. The Bertz CT molecular complexity index is 657. The second-order valence-corrected chi connectivity index (χ2v) is 6.74. The summed E-state index contributed by atoms with van der Waals surface area (Å²) in [7, 11) is 0. The first-order valence-electron chi connectivity index (χ1n) is 7.31. The molecule has 6 nitrogen and oxygen atoms in total. The number of nitrogens with zero attached hydrogens (tertiary/aromatic N) is 3. The second kappa shape index (κ2) is 8.37. The van der Waals surface area contributed by atoms with Crippen molar-refractivity contribution in [1.29, 1.82) is 10.5 Å². The highest BCUT2D eigenvalue weighted by atomic mass is 32.2. The maximum absolute atomic E-state index is 12.3. The third kappa shape index (κ3) is 4.06. The van der Waals surface area contributed by atoms with E-state index in [9.17, 15) is 20.1 Å². The smallest absolute Gasteiger partial charge is 0.243 e. The Labute approximate surface area is 146 Å². The van der Waals surface area contributed by atoms with Gasteiger partial charge in [-0.3, -0.25) is 9.59 Å². The van der Waals surface area contributed by atoms with Crippen molar-refractivity contribution in [2.45, 2.75) is 13.8 Å². The van der Waals surface area contributed by atoms with Gasteiger partial charge in [0.15, 0.2) is 0 Å². The summed E-state index contributed by atoms with van der Waals surface area (Å²) >= 11 is 1.09. The molecule has 0 saturated heterocycles. The zero-order chi connectivity index (χ0) is 18.3. The summed E-state index contributed by atoms with van der Waals surface area (Å²) in [4.78, 5) is 25.9. The summed E-state index contributed by atoms with van der Waals surface area (Å²) < 4.78 is 0. The van der Waals surface area contributed by atoms with Crippen molar-refractivity contribution in [1.82, 2.24) is 10.2 Å². The van der Waals surface area contributed by atoms with E-state index in [0.717, 1.165) is 11.8 Å². The number of nitrogens with one attached hydrogen (secondary N) is 1. The van der Waals surface area contributed by atoms with Crippen LogP contribution in [0.25, 0.3) is 0 Å². The van der Waals surface area contributed by atoms with Crippen molar-refractivity contribution in [3.05, 3.63) is 35.9 Å². The maximum Gasteiger partial charge on any atom is 0.243 e. The average Bonchev–Trinajstić information content (AvgIpc) is 2.51. The van der Waals surface area contributed by atoms with Crippen LogP contribution >= 0.6 is 11.8 Å². The highest BCUT2D eigenvalue weighted by molar-refractivity contribution is 8.03. The number of thioether (sulfide) groups is 1. The summed E-state index contributed by atoms with van der Waals surface area (Å²) in [6.07, 6.45) is 3.24. The number of carbonyl (C=O) groups is 2. The topological polar surface area (TPSA) is 97.0 Å². The summed E-state index contributed by atoms with van der Waals surface area (Å²) in [5.41, 5.74) is -0.593. The van der Waals surface area contributed by atoms with E-state index in [1.54, 1.807) is 30.9 Å². The van der Waals surface area contributed by atoms with Gasteiger partial charge in [0, 0.05) is 18.5 Å². The maximum atomic E-state index is 12.3. The normalized spacial score (nSPS) is 18.8. The van der Waals surface area contributed by atoms with Crippen LogP contribution in [0.3, 0.4) is 0 Å². The molecule has 0 radical (unpaired) electrons. The lowest BCUT2D eigenvalue weighted by Crippen LogP contribution is -2.44. The van der Waals surface area contributed by atoms with Gasteiger partial charge in [0.25, 0.3) is 0 Å². The molecule has 7 heteroatoms. The molecule has 0 fully saturated rings. The molecule has 1 rings (SSSR count). The molecule has 1 heterocycles. The summed E-state index contributed by atoms with van der Waals surface area (Å²) in [5, 5.41) is 21.5. The highest BCUT2D eigenvalue weighted by Crippen LogP contribution is 2.41. The lowest BCUT2D eigenvalue weighted by atomic mass is 9.72. The Balaban J connectivity index is 2.99. The number of hydrogen-bond donors (Lipinski definition) is 1. The highest BCUT2D eigenvalue weighted by Gasteiger charge is 2.44. The molecule has 0 aromatic carbocycles. The van der Waals surface area contributed by atoms with E-state index in [4.69, 9.17) is 0 Å². The number of carbonyl (C=O) groups excluding carboxylic acids is 2. The van der Waals surface area contributed by atoms with Gasteiger partial charge < -0.3 is 10.2 Å². The third-order valence-corrected chi connectivity index (χ3v) is 4.71. The number of amides is 2. The van der Waals surface area contributed by atoms with E-state index in [1.165, 1.54) is 0 Å². The SMILES string of the molecule is C=CCN(CC=C)C(=O)CSC1=C(C#N)C(C)(C)C(C#N)C(=O)N1. The first-order chi connectivity index (χ1) is 11.3. The van der Waals surface area contributed by atoms with E-state index in [0.29, 0.717) is 23.7 Å². The van der Waals surface area contributed by atoms with Crippen LogP contribution in [-0.4, -0.2) is 35.6 Å². The lowest BCUT2D eigenvalue weighted by Gasteiger charge is -2.34. The molecule has 0 aliphatic carbocycles. The summed E-state index contributed by atoms with van der Waals surface area (Å²) in [6, 6.07) is 4.01. The van der Waals surface area contributed by atoms with Crippen LogP contribution in [0.2, 0.25) is 0 Å². The number of rotatable bonds is 7. The minimum atomic E-state index is -0.940. The minimum Gasteiger partial charge on any atom is -0.335 e. The van der Waals surface area contributed by atoms with Crippen LogP contribution in [0.15, 0.2) is 35.9 Å². The van der Waals surface area contributed by atoms with Crippen molar-refractivity contribution in [3.8, 4) is 12.1 Å². The molecule has 0 saturated carbocycles. The van der Waals surface area contributed by atoms with Gasteiger partial charge in [-0.05, 0) is 0 Å². The molecule has 0 aromatic heterocycles. The average molecular weight is 344 g/mol. The van der Waals surface area contributed by atoms with Gasteiger partial charge in [-0.1, -0.05) is 37.8 Å². The van der Waals surface area contributed by atoms with Crippen molar-refractivity contribution in [2.24, 2.45) is 11.3 Å². The summed E-state index contributed by atoms with van der Waals surface area (Å²) in [6.45, 7) is 11.4. The molecule has 0 spiro atoms. The monoisotopic (exact) mass is 344 g/mol. The first kappa shape index (κ1) is 19.5. The molecular formula is C17H20N4O2S.